The van der Waals surface area contributed by atoms with E-state index < -0.39 is 17.1 Å². The summed E-state index contributed by atoms with van der Waals surface area (Å²) in [6.07, 6.45) is 5.35. The van der Waals surface area contributed by atoms with Crippen molar-refractivity contribution in [3.63, 3.8) is 0 Å². The topological polar surface area (TPSA) is 85.5 Å². The molecule has 1 aromatic heterocycles. The number of hydrogen-bond acceptors (Lipinski definition) is 5. The van der Waals surface area contributed by atoms with Gasteiger partial charge in [0.1, 0.15) is 6.20 Å². The first-order chi connectivity index (χ1) is 9.16. The van der Waals surface area contributed by atoms with E-state index in [4.69, 9.17) is 4.74 Å². The SMILES string of the molecule is O=[N+]([O-])c1cnccc1C1CC(O)C2CCCC2O1. The summed E-state index contributed by atoms with van der Waals surface area (Å²) >= 11 is 0. The summed E-state index contributed by atoms with van der Waals surface area (Å²) in [5.74, 6) is 0.192. The Hall–Kier alpha value is -1.53. The number of aromatic nitrogens is 1. The van der Waals surface area contributed by atoms with Gasteiger partial charge < -0.3 is 9.84 Å². The van der Waals surface area contributed by atoms with Crippen LogP contribution in [0.4, 0.5) is 5.69 Å². The highest BCUT2D eigenvalue weighted by atomic mass is 16.6. The minimum atomic E-state index is -0.446. The Labute approximate surface area is 110 Å². The van der Waals surface area contributed by atoms with Gasteiger partial charge in [-0.15, -0.1) is 0 Å². The van der Waals surface area contributed by atoms with Crippen LogP contribution in [0.25, 0.3) is 0 Å². The second-order valence-corrected chi connectivity index (χ2v) is 5.25. The van der Waals surface area contributed by atoms with Crippen molar-refractivity contribution in [1.29, 1.82) is 0 Å². The van der Waals surface area contributed by atoms with Crippen molar-refractivity contribution in [2.75, 3.05) is 0 Å². The molecule has 1 saturated carbocycles. The van der Waals surface area contributed by atoms with Crippen LogP contribution in [0.1, 0.15) is 37.4 Å². The summed E-state index contributed by atoms with van der Waals surface area (Å²) < 4.78 is 5.97. The largest absolute Gasteiger partial charge is 0.393 e. The molecule has 0 spiro atoms. The predicted molar refractivity (Wildman–Crippen MR) is 66.5 cm³/mol. The Balaban J connectivity index is 1.88. The molecule has 4 atom stereocenters. The molecule has 1 saturated heterocycles. The van der Waals surface area contributed by atoms with E-state index >= 15 is 0 Å². The Morgan fingerprint density at radius 3 is 3.11 bits per heavy atom. The first-order valence-electron chi connectivity index (χ1n) is 6.58. The van der Waals surface area contributed by atoms with E-state index in [1.165, 1.54) is 12.4 Å². The lowest BCUT2D eigenvalue weighted by molar-refractivity contribution is -0.386. The van der Waals surface area contributed by atoms with E-state index in [0.29, 0.717) is 12.0 Å². The minimum absolute atomic E-state index is 0.0292. The van der Waals surface area contributed by atoms with E-state index in [9.17, 15) is 15.2 Å². The van der Waals surface area contributed by atoms with E-state index in [2.05, 4.69) is 4.98 Å². The summed E-state index contributed by atoms with van der Waals surface area (Å²) in [7, 11) is 0. The summed E-state index contributed by atoms with van der Waals surface area (Å²) in [5, 5.41) is 21.2. The maximum absolute atomic E-state index is 11.0. The molecule has 0 radical (unpaired) electrons. The van der Waals surface area contributed by atoms with Crippen LogP contribution in [0.2, 0.25) is 0 Å². The number of nitrogens with zero attached hydrogens (tertiary/aromatic N) is 2. The molecular formula is C13H16N2O4. The first-order valence-corrected chi connectivity index (χ1v) is 6.58. The van der Waals surface area contributed by atoms with Gasteiger partial charge in [0.05, 0.1) is 28.8 Å². The predicted octanol–water partition coefficient (Wildman–Crippen LogP) is 1.98. The number of rotatable bonds is 2. The van der Waals surface area contributed by atoms with Crippen LogP contribution in [0.5, 0.6) is 0 Å². The normalized spacial score (nSPS) is 33.9. The third-order valence-electron chi connectivity index (χ3n) is 4.17. The lowest BCUT2D eigenvalue weighted by Gasteiger charge is -2.36. The van der Waals surface area contributed by atoms with Gasteiger partial charge in [-0.2, -0.15) is 0 Å². The van der Waals surface area contributed by atoms with Gasteiger partial charge in [0.15, 0.2) is 0 Å². The molecule has 4 unspecified atom stereocenters. The quantitative estimate of drug-likeness (QED) is 0.652. The van der Waals surface area contributed by atoms with E-state index in [1.807, 2.05) is 0 Å². The number of fused-ring (bicyclic) bond motifs is 1. The van der Waals surface area contributed by atoms with E-state index in [-0.39, 0.29) is 17.7 Å². The van der Waals surface area contributed by atoms with Gasteiger partial charge in [-0.1, -0.05) is 6.42 Å². The van der Waals surface area contributed by atoms with Gasteiger partial charge in [0.2, 0.25) is 0 Å². The fourth-order valence-electron chi connectivity index (χ4n) is 3.25. The Kier molecular flexibility index (Phi) is 3.20. The summed E-state index contributed by atoms with van der Waals surface area (Å²) in [5.41, 5.74) is 0.487. The molecule has 0 aromatic carbocycles. The monoisotopic (exact) mass is 264 g/mol. The number of ether oxygens (including phenoxy) is 1. The van der Waals surface area contributed by atoms with Gasteiger partial charge in [-0.3, -0.25) is 15.1 Å². The Morgan fingerprint density at radius 2 is 2.32 bits per heavy atom. The number of pyridine rings is 1. The van der Waals surface area contributed by atoms with Crippen molar-refractivity contribution in [3.05, 3.63) is 34.1 Å². The van der Waals surface area contributed by atoms with E-state index in [1.54, 1.807) is 6.07 Å². The lowest BCUT2D eigenvalue weighted by atomic mass is 9.88. The molecule has 19 heavy (non-hydrogen) atoms. The first kappa shape index (κ1) is 12.5. The molecule has 6 heteroatoms. The fraction of sp³-hybridized carbons (Fsp3) is 0.615. The molecule has 1 aromatic rings. The van der Waals surface area contributed by atoms with Gasteiger partial charge in [-0.25, -0.2) is 0 Å². The molecule has 1 N–H and O–H groups in total. The van der Waals surface area contributed by atoms with Crippen LogP contribution in [-0.2, 0) is 4.74 Å². The molecule has 2 aliphatic rings. The molecule has 102 valence electrons. The molecule has 6 nitrogen and oxygen atoms in total. The van der Waals surface area contributed by atoms with Gasteiger partial charge in [0, 0.05) is 18.5 Å². The number of aliphatic hydroxyl groups excluding tert-OH is 1. The molecule has 2 fully saturated rings. The number of nitro groups is 1. The van der Waals surface area contributed by atoms with E-state index in [0.717, 1.165) is 19.3 Å². The van der Waals surface area contributed by atoms with Crippen molar-refractivity contribution in [3.8, 4) is 0 Å². The molecule has 1 aliphatic heterocycles. The third-order valence-corrected chi connectivity index (χ3v) is 4.17. The second kappa shape index (κ2) is 4.86. The van der Waals surface area contributed by atoms with Crippen molar-refractivity contribution >= 4 is 5.69 Å². The molecule has 0 bridgehead atoms. The van der Waals surface area contributed by atoms with Gasteiger partial charge >= 0.3 is 0 Å². The van der Waals surface area contributed by atoms with Crippen LogP contribution < -0.4 is 0 Å². The van der Waals surface area contributed by atoms with Crippen molar-refractivity contribution in [2.45, 2.75) is 44.0 Å². The standard InChI is InChI=1S/C13H16N2O4/c16-11-6-13(19-12-3-1-2-9(11)12)8-4-5-14-7-10(8)15(17)18/h4-5,7,9,11-13,16H,1-3,6H2. The highest BCUT2D eigenvalue weighted by Gasteiger charge is 2.42. The van der Waals surface area contributed by atoms with Crippen molar-refractivity contribution in [2.24, 2.45) is 5.92 Å². The van der Waals surface area contributed by atoms with Gasteiger partial charge in [-0.05, 0) is 18.9 Å². The highest BCUT2D eigenvalue weighted by molar-refractivity contribution is 5.38. The molecule has 1 aliphatic carbocycles. The third kappa shape index (κ3) is 2.21. The molecule has 3 rings (SSSR count). The van der Waals surface area contributed by atoms with Crippen molar-refractivity contribution in [1.82, 2.24) is 4.98 Å². The van der Waals surface area contributed by atoms with Crippen LogP contribution in [0.3, 0.4) is 0 Å². The zero-order valence-electron chi connectivity index (χ0n) is 10.4. The lowest BCUT2D eigenvalue weighted by Crippen LogP contribution is -2.37. The Morgan fingerprint density at radius 1 is 1.47 bits per heavy atom. The average molecular weight is 264 g/mol. The maximum atomic E-state index is 11.0. The van der Waals surface area contributed by atoms with Crippen LogP contribution in [0.15, 0.2) is 18.5 Å². The molecular weight excluding hydrogens is 248 g/mol. The fourth-order valence-corrected chi connectivity index (χ4v) is 3.25. The molecule has 2 heterocycles. The van der Waals surface area contributed by atoms with Crippen LogP contribution in [0, 0.1) is 16.0 Å². The zero-order chi connectivity index (χ0) is 13.4. The van der Waals surface area contributed by atoms with Crippen LogP contribution >= 0.6 is 0 Å². The summed E-state index contributed by atoms with van der Waals surface area (Å²) in [6.45, 7) is 0. The van der Waals surface area contributed by atoms with Crippen molar-refractivity contribution < 1.29 is 14.8 Å². The summed E-state index contributed by atoms with van der Waals surface area (Å²) in [4.78, 5) is 14.4. The second-order valence-electron chi connectivity index (χ2n) is 5.25. The van der Waals surface area contributed by atoms with Crippen LogP contribution in [-0.4, -0.2) is 27.2 Å². The Bertz CT molecular complexity index is 493. The zero-order valence-corrected chi connectivity index (χ0v) is 10.4. The number of aliphatic hydroxyl groups is 1. The minimum Gasteiger partial charge on any atom is -0.393 e. The maximum Gasteiger partial charge on any atom is 0.293 e. The number of hydrogen-bond donors (Lipinski definition) is 1. The molecule has 0 amide bonds. The highest BCUT2D eigenvalue weighted by Crippen LogP contribution is 2.43. The summed E-state index contributed by atoms with van der Waals surface area (Å²) in [6, 6.07) is 1.62. The smallest absolute Gasteiger partial charge is 0.293 e. The van der Waals surface area contributed by atoms with Gasteiger partial charge in [0.25, 0.3) is 5.69 Å². The average Bonchev–Trinajstić information content (AvgIpc) is 2.87.